The van der Waals surface area contributed by atoms with E-state index in [-0.39, 0.29) is 17.6 Å². The van der Waals surface area contributed by atoms with Crippen LogP contribution in [0.1, 0.15) is 12.5 Å². The number of carbonyl (C=O) groups is 1. The Bertz CT molecular complexity index is 688. The van der Waals surface area contributed by atoms with Crippen LogP contribution in [0.15, 0.2) is 23.4 Å². The molecule has 1 aromatic carbocycles. The van der Waals surface area contributed by atoms with Crippen molar-refractivity contribution in [2.45, 2.75) is 17.6 Å². The lowest BCUT2D eigenvalue weighted by Crippen LogP contribution is -2.17. The van der Waals surface area contributed by atoms with Crippen LogP contribution in [-0.2, 0) is 4.79 Å². The highest BCUT2D eigenvalue weighted by Gasteiger charge is 2.26. The average molecular weight is 309 g/mol. The zero-order chi connectivity index (χ0) is 15.0. The molecule has 1 fully saturated rings. The van der Waals surface area contributed by atoms with Gasteiger partial charge in [-0.1, -0.05) is 17.8 Å². The van der Waals surface area contributed by atoms with Crippen LogP contribution in [0.4, 0.5) is 4.39 Å². The summed E-state index contributed by atoms with van der Waals surface area (Å²) in [5, 5.41) is 9.44. The van der Waals surface area contributed by atoms with E-state index in [9.17, 15) is 9.18 Å². The van der Waals surface area contributed by atoms with E-state index in [1.165, 1.54) is 6.07 Å². The smallest absolute Gasteiger partial charge is 0.313 e. The van der Waals surface area contributed by atoms with E-state index in [0.717, 1.165) is 36.8 Å². The van der Waals surface area contributed by atoms with E-state index in [4.69, 9.17) is 5.11 Å². The van der Waals surface area contributed by atoms with E-state index in [0.29, 0.717) is 10.7 Å². The van der Waals surface area contributed by atoms with Crippen molar-refractivity contribution in [3.8, 4) is 0 Å². The second kappa shape index (κ2) is 5.65. The zero-order valence-electron chi connectivity index (χ0n) is 11.6. The first-order chi connectivity index (χ1) is 10.1. The molecule has 1 aliphatic heterocycles. The maximum absolute atomic E-state index is 13.9. The molecular formula is C14H16FN3O2S. The monoisotopic (exact) mass is 309 g/mol. The van der Waals surface area contributed by atoms with Crippen molar-refractivity contribution in [2.24, 2.45) is 0 Å². The number of para-hydroxylation sites is 1. The number of fused-ring (bicyclic) bond motifs is 1. The number of likely N-dealkylation sites (N-methyl/N-ethyl adjacent to an activating group) is 1. The number of nitrogens with zero attached hydrogens (tertiary/aromatic N) is 3. The maximum atomic E-state index is 13.9. The molecule has 5 nitrogen and oxygen atoms in total. The molecule has 1 aliphatic rings. The number of rotatable bonds is 4. The molecule has 0 aliphatic carbocycles. The SMILES string of the molecule is CN1CCC(n2c(SCC(=O)O)nc3c(F)cccc32)C1. The van der Waals surface area contributed by atoms with Crippen LogP contribution in [0, 0.1) is 5.82 Å². The molecule has 7 heteroatoms. The Hall–Kier alpha value is -1.60. The fraction of sp³-hybridized carbons (Fsp3) is 0.429. The predicted molar refractivity (Wildman–Crippen MR) is 79.2 cm³/mol. The summed E-state index contributed by atoms with van der Waals surface area (Å²) in [6.45, 7) is 1.84. The first-order valence-electron chi connectivity index (χ1n) is 6.76. The van der Waals surface area contributed by atoms with E-state index >= 15 is 0 Å². The van der Waals surface area contributed by atoms with E-state index in [2.05, 4.69) is 9.88 Å². The van der Waals surface area contributed by atoms with Gasteiger partial charge < -0.3 is 14.6 Å². The van der Waals surface area contributed by atoms with Gasteiger partial charge in [0.25, 0.3) is 0 Å². The average Bonchev–Trinajstić information content (AvgIpc) is 3.00. The number of thioether (sulfide) groups is 1. The third-order valence-electron chi connectivity index (χ3n) is 3.69. The number of halogens is 1. The third kappa shape index (κ3) is 2.75. The second-order valence-corrected chi connectivity index (χ2v) is 6.20. The highest BCUT2D eigenvalue weighted by atomic mass is 32.2. The summed E-state index contributed by atoms with van der Waals surface area (Å²) in [6.07, 6.45) is 0.957. The quantitative estimate of drug-likeness (QED) is 0.878. The molecular weight excluding hydrogens is 293 g/mol. The number of benzene rings is 1. The van der Waals surface area contributed by atoms with Gasteiger partial charge in [-0.3, -0.25) is 4.79 Å². The van der Waals surface area contributed by atoms with Gasteiger partial charge in [0, 0.05) is 6.54 Å². The Morgan fingerprint density at radius 3 is 3.05 bits per heavy atom. The summed E-state index contributed by atoms with van der Waals surface area (Å²) in [4.78, 5) is 17.3. The molecule has 1 saturated heterocycles. The van der Waals surface area contributed by atoms with Gasteiger partial charge in [-0.15, -0.1) is 0 Å². The number of carboxylic acids is 1. The molecule has 2 heterocycles. The lowest BCUT2D eigenvalue weighted by molar-refractivity contribution is -0.133. The first-order valence-corrected chi connectivity index (χ1v) is 7.74. The van der Waals surface area contributed by atoms with Gasteiger partial charge in [0.2, 0.25) is 0 Å². The Kier molecular flexibility index (Phi) is 3.86. The molecule has 3 rings (SSSR count). The van der Waals surface area contributed by atoms with Crippen LogP contribution < -0.4 is 0 Å². The molecule has 0 radical (unpaired) electrons. The Labute approximate surface area is 125 Å². The Balaban J connectivity index is 2.06. The standard InChI is InChI=1S/C14H16FN3O2S/c1-17-6-5-9(7-17)18-11-4-2-3-10(15)13(11)16-14(18)21-8-12(19)20/h2-4,9H,5-8H2,1H3,(H,19,20). The molecule has 0 saturated carbocycles. The number of hydrogen-bond acceptors (Lipinski definition) is 4. The van der Waals surface area contributed by atoms with Crippen LogP contribution >= 0.6 is 11.8 Å². The van der Waals surface area contributed by atoms with Crippen LogP contribution in [0.3, 0.4) is 0 Å². The van der Waals surface area contributed by atoms with Gasteiger partial charge in [0.1, 0.15) is 5.52 Å². The molecule has 0 bridgehead atoms. The van der Waals surface area contributed by atoms with Crippen molar-refractivity contribution in [1.82, 2.24) is 14.5 Å². The number of aliphatic carboxylic acids is 1. The minimum atomic E-state index is -0.900. The molecule has 1 unspecified atom stereocenters. The highest BCUT2D eigenvalue weighted by molar-refractivity contribution is 7.99. The largest absolute Gasteiger partial charge is 0.481 e. The summed E-state index contributed by atoms with van der Waals surface area (Å²) in [6, 6.07) is 5.10. The number of likely N-dealkylation sites (tertiary alicyclic amines) is 1. The van der Waals surface area contributed by atoms with E-state index in [1.807, 2.05) is 17.7 Å². The van der Waals surface area contributed by atoms with Gasteiger partial charge in [-0.25, -0.2) is 9.37 Å². The van der Waals surface area contributed by atoms with Crippen LogP contribution in [0.5, 0.6) is 0 Å². The van der Waals surface area contributed by atoms with Crippen molar-refractivity contribution in [3.63, 3.8) is 0 Å². The summed E-state index contributed by atoms with van der Waals surface area (Å²) >= 11 is 1.14. The predicted octanol–water partition coefficient (Wildman–Crippen LogP) is 2.23. The molecule has 1 N–H and O–H groups in total. The molecule has 21 heavy (non-hydrogen) atoms. The minimum Gasteiger partial charge on any atom is -0.481 e. The maximum Gasteiger partial charge on any atom is 0.313 e. The molecule has 1 atom stereocenters. The topological polar surface area (TPSA) is 58.4 Å². The lowest BCUT2D eigenvalue weighted by atomic mass is 10.2. The highest BCUT2D eigenvalue weighted by Crippen LogP contribution is 2.32. The molecule has 1 aromatic heterocycles. The fourth-order valence-corrected chi connectivity index (χ4v) is 3.56. The Morgan fingerprint density at radius 2 is 2.38 bits per heavy atom. The molecule has 0 spiro atoms. The third-order valence-corrected chi connectivity index (χ3v) is 4.63. The second-order valence-electron chi connectivity index (χ2n) is 5.26. The van der Waals surface area contributed by atoms with Crippen molar-refractivity contribution in [2.75, 3.05) is 25.9 Å². The van der Waals surface area contributed by atoms with Crippen molar-refractivity contribution in [1.29, 1.82) is 0 Å². The van der Waals surface area contributed by atoms with Gasteiger partial charge >= 0.3 is 5.97 Å². The molecule has 0 amide bonds. The molecule has 2 aromatic rings. The zero-order valence-corrected chi connectivity index (χ0v) is 12.4. The first kappa shape index (κ1) is 14.3. The number of hydrogen-bond donors (Lipinski definition) is 1. The van der Waals surface area contributed by atoms with Crippen molar-refractivity contribution in [3.05, 3.63) is 24.0 Å². The summed E-state index contributed by atoms with van der Waals surface area (Å²) in [5.74, 6) is -1.34. The number of aromatic nitrogens is 2. The Morgan fingerprint density at radius 1 is 1.57 bits per heavy atom. The minimum absolute atomic E-state index is 0.0759. The van der Waals surface area contributed by atoms with Gasteiger partial charge in [0.15, 0.2) is 11.0 Å². The lowest BCUT2D eigenvalue weighted by Gasteiger charge is -2.16. The van der Waals surface area contributed by atoms with E-state index < -0.39 is 5.97 Å². The summed E-state index contributed by atoms with van der Waals surface area (Å²) in [7, 11) is 2.05. The van der Waals surface area contributed by atoms with Gasteiger partial charge in [-0.05, 0) is 32.1 Å². The number of imidazole rings is 1. The van der Waals surface area contributed by atoms with Crippen molar-refractivity contribution >= 4 is 28.8 Å². The van der Waals surface area contributed by atoms with Gasteiger partial charge in [-0.2, -0.15) is 0 Å². The van der Waals surface area contributed by atoms with Gasteiger partial charge in [0.05, 0.1) is 17.3 Å². The fourth-order valence-electron chi connectivity index (χ4n) is 2.77. The number of carboxylic acid groups (broad SMARTS) is 1. The summed E-state index contributed by atoms with van der Waals surface area (Å²) in [5.41, 5.74) is 1.06. The normalized spacial score (nSPS) is 19.4. The van der Waals surface area contributed by atoms with E-state index in [1.54, 1.807) is 6.07 Å². The van der Waals surface area contributed by atoms with Crippen molar-refractivity contribution < 1.29 is 14.3 Å². The van der Waals surface area contributed by atoms with Crippen LogP contribution in [0.2, 0.25) is 0 Å². The molecule has 112 valence electrons. The van der Waals surface area contributed by atoms with Crippen LogP contribution in [-0.4, -0.2) is 51.4 Å². The summed E-state index contributed by atoms with van der Waals surface area (Å²) < 4.78 is 15.9. The van der Waals surface area contributed by atoms with Crippen LogP contribution in [0.25, 0.3) is 11.0 Å².